The first kappa shape index (κ1) is 32.7. The number of benzene rings is 7. The SMILES string of the molecule is CC1(C)c2ccccc2-c2cc3c(-c4nc(-c5ccccc5)cc(-c5cccc(-c6ccccc6)c5)n4)cc(-c4cccc(-c5ccccc5)c4)nc3cc21. The number of pyridine rings is 1. The highest BCUT2D eigenvalue weighted by molar-refractivity contribution is 6.01. The van der Waals surface area contributed by atoms with Crippen LogP contribution in [-0.4, -0.2) is 15.0 Å². The molecular formula is C52H37N3. The zero-order valence-corrected chi connectivity index (χ0v) is 30.7. The van der Waals surface area contributed by atoms with Crippen LogP contribution in [0.5, 0.6) is 0 Å². The fraction of sp³-hybridized carbons (Fsp3) is 0.0577. The normalized spacial score (nSPS) is 12.7. The molecular weight excluding hydrogens is 667 g/mol. The first-order valence-corrected chi connectivity index (χ1v) is 18.9. The van der Waals surface area contributed by atoms with Crippen molar-refractivity contribution in [2.24, 2.45) is 0 Å². The highest BCUT2D eigenvalue weighted by atomic mass is 14.9. The van der Waals surface area contributed by atoms with Crippen molar-refractivity contribution >= 4 is 10.9 Å². The van der Waals surface area contributed by atoms with E-state index in [0.29, 0.717) is 5.82 Å². The molecule has 2 heterocycles. The largest absolute Gasteiger partial charge is 0.248 e. The Morgan fingerprint density at radius 2 is 0.818 bits per heavy atom. The van der Waals surface area contributed by atoms with Gasteiger partial charge in [0.05, 0.1) is 22.6 Å². The number of nitrogens with zero attached hydrogens (tertiary/aromatic N) is 3. The molecule has 1 aliphatic rings. The maximum absolute atomic E-state index is 5.42. The van der Waals surface area contributed by atoms with Gasteiger partial charge in [-0.25, -0.2) is 15.0 Å². The third kappa shape index (κ3) is 5.82. The minimum atomic E-state index is -0.161. The Morgan fingerprint density at radius 1 is 0.327 bits per heavy atom. The van der Waals surface area contributed by atoms with E-state index in [1.54, 1.807) is 0 Å². The Kier molecular flexibility index (Phi) is 7.81. The summed E-state index contributed by atoms with van der Waals surface area (Å²) >= 11 is 0. The van der Waals surface area contributed by atoms with E-state index in [9.17, 15) is 0 Å². The molecule has 0 amide bonds. The molecule has 3 heteroatoms. The Balaban J connectivity index is 1.24. The van der Waals surface area contributed by atoms with E-state index in [2.05, 4.69) is 196 Å². The molecule has 55 heavy (non-hydrogen) atoms. The van der Waals surface area contributed by atoms with Gasteiger partial charge in [0.25, 0.3) is 0 Å². The van der Waals surface area contributed by atoms with Crippen LogP contribution in [0.15, 0.2) is 188 Å². The summed E-state index contributed by atoms with van der Waals surface area (Å²) in [6.45, 7) is 4.64. The fourth-order valence-corrected chi connectivity index (χ4v) is 8.20. The van der Waals surface area contributed by atoms with E-state index in [1.807, 2.05) is 6.07 Å². The lowest BCUT2D eigenvalue weighted by atomic mass is 9.82. The van der Waals surface area contributed by atoms with E-state index >= 15 is 0 Å². The van der Waals surface area contributed by atoms with E-state index in [-0.39, 0.29) is 5.41 Å². The number of aromatic nitrogens is 3. The zero-order chi connectivity index (χ0) is 36.9. The number of rotatable bonds is 6. The minimum absolute atomic E-state index is 0.161. The smallest absolute Gasteiger partial charge is 0.161 e. The van der Waals surface area contributed by atoms with Crippen LogP contribution in [-0.2, 0) is 5.41 Å². The van der Waals surface area contributed by atoms with Gasteiger partial charge in [0.2, 0.25) is 0 Å². The Hall–Kier alpha value is -6.97. The topological polar surface area (TPSA) is 38.7 Å². The van der Waals surface area contributed by atoms with Gasteiger partial charge in [0.1, 0.15) is 0 Å². The van der Waals surface area contributed by atoms with Crippen molar-refractivity contribution in [1.29, 1.82) is 0 Å². The van der Waals surface area contributed by atoms with Crippen molar-refractivity contribution in [2.75, 3.05) is 0 Å². The zero-order valence-electron chi connectivity index (χ0n) is 30.7. The Morgan fingerprint density at radius 3 is 1.44 bits per heavy atom. The third-order valence-electron chi connectivity index (χ3n) is 11.1. The molecule has 1 aliphatic carbocycles. The molecule has 0 fully saturated rings. The summed E-state index contributed by atoms with van der Waals surface area (Å²) in [5.41, 5.74) is 17.2. The summed E-state index contributed by atoms with van der Waals surface area (Å²) in [4.78, 5) is 16.2. The van der Waals surface area contributed by atoms with Gasteiger partial charge < -0.3 is 0 Å². The summed E-state index contributed by atoms with van der Waals surface area (Å²) in [6, 6.07) is 66.5. The van der Waals surface area contributed by atoms with Gasteiger partial charge in [-0.1, -0.05) is 166 Å². The van der Waals surface area contributed by atoms with E-state index < -0.39 is 0 Å². The lowest BCUT2D eigenvalue weighted by Gasteiger charge is -2.22. The van der Waals surface area contributed by atoms with Gasteiger partial charge in [-0.15, -0.1) is 0 Å². The van der Waals surface area contributed by atoms with Crippen molar-refractivity contribution in [3.63, 3.8) is 0 Å². The first-order valence-electron chi connectivity index (χ1n) is 18.9. The summed E-state index contributed by atoms with van der Waals surface area (Å²) in [7, 11) is 0. The second kappa shape index (κ2) is 13.2. The predicted molar refractivity (Wildman–Crippen MR) is 228 cm³/mol. The number of hydrogen-bond acceptors (Lipinski definition) is 3. The molecule has 7 aromatic carbocycles. The van der Waals surface area contributed by atoms with Crippen LogP contribution < -0.4 is 0 Å². The molecule has 0 spiro atoms. The average Bonchev–Trinajstić information content (AvgIpc) is 3.48. The molecule has 0 unspecified atom stereocenters. The van der Waals surface area contributed by atoms with Crippen LogP contribution in [0.2, 0.25) is 0 Å². The van der Waals surface area contributed by atoms with Gasteiger partial charge in [-0.05, 0) is 80.9 Å². The highest BCUT2D eigenvalue weighted by Crippen LogP contribution is 2.50. The average molecular weight is 704 g/mol. The number of fused-ring (bicyclic) bond motifs is 4. The molecule has 0 bridgehead atoms. The molecule has 2 aromatic heterocycles. The van der Waals surface area contributed by atoms with E-state index in [4.69, 9.17) is 15.0 Å². The van der Waals surface area contributed by atoms with Gasteiger partial charge in [-0.2, -0.15) is 0 Å². The van der Waals surface area contributed by atoms with E-state index in [0.717, 1.165) is 61.4 Å². The molecule has 260 valence electrons. The lowest BCUT2D eigenvalue weighted by molar-refractivity contribution is 0.661. The van der Waals surface area contributed by atoms with Crippen LogP contribution in [0.1, 0.15) is 25.0 Å². The monoisotopic (exact) mass is 703 g/mol. The first-order chi connectivity index (χ1) is 27.0. The van der Waals surface area contributed by atoms with Gasteiger partial charge in [0, 0.05) is 33.1 Å². The maximum atomic E-state index is 5.42. The van der Waals surface area contributed by atoms with Gasteiger partial charge in [0.15, 0.2) is 5.82 Å². The predicted octanol–water partition coefficient (Wildman–Crippen LogP) is 13.3. The van der Waals surface area contributed by atoms with Gasteiger partial charge >= 0.3 is 0 Å². The maximum Gasteiger partial charge on any atom is 0.161 e. The second-order valence-corrected chi connectivity index (χ2v) is 14.9. The van der Waals surface area contributed by atoms with Crippen LogP contribution in [0, 0.1) is 0 Å². The van der Waals surface area contributed by atoms with Crippen LogP contribution >= 0.6 is 0 Å². The highest BCUT2D eigenvalue weighted by Gasteiger charge is 2.36. The van der Waals surface area contributed by atoms with Gasteiger partial charge in [-0.3, -0.25) is 0 Å². The molecule has 0 radical (unpaired) electrons. The molecule has 0 saturated heterocycles. The van der Waals surface area contributed by atoms with Crippen LogP contribution in [0.25, 0.3) is 89.4 Å². The van der Waals surface area contributed by atoms with Crippen LogP contribution in [0.4, 0.5) is 0 Å². The summed E-state index contributed by atoms with van der Waals surface area (Å²) in [5.74, 6) is 0.667. The third-order valence-corrected chi connectivity index (χ3v) is 11.1. The Bertz CT molecular complexity index is 2880. The van der Waals surface area contributed by atoms with Crippen LogP contribution in [0.3, 0.4) is 0 Å². The second-order valence-electron chi connectivity index (χ2n) is 14.9. The van der Waals surface area contributed by atoms with Crippen molar-refractivity contribution in [2.45, 2.75) is 19.3 Å². The molecule has 3 nitrogen and oxygen atoms in total. The quantitative estimate of drug-likeness (QED) is 0.173. The van der Waals surface area contributed by atoms with E-state index in [1.165, 1.54) is 33.4 Å². The molecule has 10 rings (SSSR count). The van der Waals surface area contributed by atoms with Crippen molar-refractivity contribution in [3.8, 4) is 78.5 Å². The molecule has 0 aliphatic heterocycles. The van der Waals surface area contributed by atoms with Crippen molar-refractivity contribution in [1.82, 2.24) is 15.0 Å². The molecule has 0 N–H and O–H groups in total. The van der Waals surface area contributed by atoms with Crippen molar-refractivity contribution < 1.29 is 0 Å². The standard InChI is InChI=1S/C52H37N3/c1-52(2)45-27-13-12-26-41(45)42-30-43-44(31-47(53-50(43)32-46(42)52)39-24-14-22-37(28-39)34-16-6-3-7-17-34)51-54-48(36-20-10-5-11-21-36)33-49(55-51)40-25-15-23-38(29-40)35-18-8-4-9-19-35/h3-33H,1-2H3. The summed E-state index contributed by atoms with van der Waals surface area (Å²) < 4.78 is 0. The molecule has 0 saturated carbocycles. The van der Waals surface area contributed by atoms with Crippen molar-refractivity contribution in [3.05, 3.63) is 199 Å². The fourth-order valence-electron chi connectivity index (χ4n) is 8.20. The summed E-state index contributed by atoms with van der Waals surface area (Å²) in [5, 5.41) is 1.03. The number of hydrogen-bond donors (Lipinski definition) is 0. The minimum Gasteiger partial charge on any atom is -0.248 e. The molecule has 9 aromatic rings. The lowest BCUT2D eigenvalue weighted by Crippen LogP contribution is -2.14. The summed E-state index contributed by atoms with van der Waals surface area (Å²) in [6.07, 6.45) is 0. The Labute approximate surface area is 321 Å². The molecule has 0 atom stereocenters.